The normalized spacial score (nSPS) is 12.3. The lowest BCUT2D eigenvalue weighted by molar-refractivity contribution is 0.556. The zero-order valence-corrected chi connectivity index (χ0v) is 18.4. The molecule has 0 radical (unpaired) electrons. The van der Waals surface area contributed by atoms with Gasteiger partial charge in [0.05, 0.1) is 24.5 Å². The molecule has 0 unspecified atom stereocenters. The topological polar surface area (TPSA) is 143 Å². The van der Waals surface area contributed by atoms with Crippen molar-refractivity contribution in [1.82, 2.24) is 13.7 Å². The summed E-state index contributed by atoms with van der Waals surface area (Å²) in [7, 11) is -8.23. The molecular weight excluding hydrogens is 444 g/mol. The van der Waals surface area contributed by atoms with Crippen LogP contribution in [0, 0.1) is 0 Å². The average Bonchev–Trinajstić information content (AvgIpc) is 3.19. The Morgan fingerprint density at radius 3 is 2.45 bits per heavy atom. The number of benzene rings is 1. The average molecular weight is 465 g/mol. The molecule has 0 bridgehead atoms. The molecule has 2 aromatic heterocycles. The minimum absolute atomic E-state index is 0.104. The van der Waals surface area contributed by atoms with Crippen molar-refractivity contribution in [2.24, 2.45) is 4.99 Å². The van der Waals surface area contributed by atoms with Crippen LogP contribution in [0.1, 0.15) is 11.3 Å². The lowest BCUT2D eigenvalue weighted by atomic mass is 10.0. The summed E-state index contributed by atoms with van der Waals surface area (Å²) < 4.78 is 52.2. The first-order valence-electron chi connectivity index (χ1n) is 8.99. The molecule has 0 aliphatic heterocycles. The predicted octanol–water partition coefficient (Wildman–Crippen LogP) is 1.70. The van der Waals surface area contributed by atoms with E-state index in [4.69, 9.17) is 4.42 Å². The molecule has 164 valence electrons. The molecule has 1 N–H and O–H groups in total. The fourth-order valence-corrected chi connectivity index (χ4v) is 5.20. The summed E-state index contributed by atoms with van der Waals surface area (Å²) in [6, 6.07) is 12.7. The fourth-order valence-electron chi connectivity index (χ4n) is 2.80. The minimum atomic E-state index is -4.11. The molecular formula is C19H20N4O6S2. The van der Waals surface area contributed by atoms with Gasteiger partial charge in [0, 0.05) is 11.6 Å². The summed E-state index contributed by atoms with van der Waals surface area (Å²) in [6.45, 7) is 0. The van der Waals surface area contributed by atoms with Crippen LogP contribution in [0.3, 0.4) is 0 Å². The second-order valence-electron chi connectivity index (χ2n) is 6.73. The summed E-state index contributed by atoms with van der Waals surface area (Å²) in [5.74, 6) is 0.540. The Morgan fingerprint density at radius 2 is 1.81 bits per heavy atom. The van der Waals surface area contributed by atoms with E-state index in [1.54, 1.807) is 12.3 Å². The molecule has 3 aromatic rings. The van der Waals surface area contributed by atoms with Gasteiger partial charge in [0.15, 0.2) is 0 Å². The van der Waals surface area contributed by atoms with Crippen LogP contribution in [-0.4, -0.2) is 49.4 Å². The monoisotopic (exact) mass is 464 g/mol. The van der Waals surface area contributed by atoms with Crippen LogP contribution in [0.5, 0.6) is 0 Å². The van der Waals surface area contributed by atoms with E-state index in [-0.39, 0.29) is 9.66 Å². The van der Waals surface area contributed by atoms with E-state index >= 15 is 0 Å². The fraction of sp³-hybridized carbons (Fsp3) is 0.211. The van der Waals surface area contributed by atoms with E-state index in [0.717, 1.165) is 29.4 Å². The number of nitrogens with zero attached hydrogens (tertiary/aromatic N) is 3. The van der Waals surface area contributed by atoms with Crippen molar-refractivity contribution in [1.29, 1.82) is 0 Å². The van der Waals surface area contributed by atoms with E-state index in [2.05, 4.69) is 15.0 Å². The maximum atomic E-state index is 11.9. The zero-order chi connectivity index (χ0) is 22.6. The number of furan rings is 1. The van der Waals surface area contributed by atoms with Crippen LogP contribution in [-0.2, 0) is 32.9 Å². The van der Waals surface area contributed by atoms with Gasteiger partial charge in [-0.25, -0.2) is 26.8 Å². The molecule has 2 heterocycles. The van der Waals surface area contributed by atoms with Crippen LogP contribution in [0.4, 0.5) is 5.95 Å². The number of aryl methyl sites for hydroxylation is 2. The molecule has 12 heteroatoms. The number of rotatable bonds is 8. The second kappa shape index (κ2) is 8.86. The second-order valence-corrected chi connectivity index (χ2v) is 10.7. The SMILES string of the molecule is CS(=O)(=O)N(/C=N\c1nc(CCc2cccc(-c3ccco3)c2)cc(=O)[nH]1)S(C)(=O)=O. The molecule has 10 nitrogen and oxygen atoms in total. The molecule has 0 saturated heterocycles. The smallest absolute Gasteiger partial charge is 0.252 e. The minimum Gasteiger partial charge on any atom is -0.464 e. The molecule has 0 atom stereocenters. The van der Waals surface area contributed by atoms with E-state index in [0.29, 0.717) is 24.9 Å². The van der Waals surface area contributed by atoms with Crippen LogP contribution in [0.2, 0.25) is 0 Å². The van der Waals surface area contributed by atoms with E-state index in [1.807, 2.05) is 30.3 Å². The highest BCUT2D eigenvalue weighted by Gasteiger charge is 2.23. The van der Waals surface area contributed by atoms with E-state index in [1.165, 1.54) is 6.07 Å². The van der Waals surface area contributed by atoms with Crippen LogP contribution in [0.15, 0.2) is 62.9 Å². The molecule has 0 fully saturated rings. The molecule has 0 spiro atoms. The van der Waals surface area contributed by atoms with Crippen molar-refractivity contribution in [3.63, 3.8) is 0 Å². The van der Waals surface area contributed by atoms with Gasteiger partial charge in [-0.05, 0) is 36.6 Å². The largest absolute Gasteiger partial charge is 0.464 e. The Morgan fingerprint density at radius 1 is 1.06 bits per heavy atom. The highest BCUT2D eigenvalue weighted by Crippen LogP contribution is 2.21. The van der Waals surface area contributed by atoms with Gasteiger partial charge in [-0.1, -0.05) is 18.2 Å². The van der Waals surface area contributed by atoms with Crippen LogP contribution < -0.4 is 5.56 Å². The predicted molar refractivity (Wildman–Crippen MR) is 116 cm³/mol. The third-order valence-electron chi connectivity index (χ3n) is 4.11. The van der Waals surface area contributed by atoms with Crippen molar-refractivity contribution in [3.8, 4) is 11.3 Å². The van der Waals surface area contributed by atoms with Gasteiger partial charge in [-0.2, -0.15) is 3.71 Å². The van der Waals surface area contributed by atoms with Crippen molar-refractivity contribution in [2.45, 2.75) is 12.8 Å². The first kappa shape index (κ1) is 22.4. The van der Waals surface area contributed by atoms with Gasteiger partial charge in [-0.3, -0.25) is 9.78 Å². The quantitative estimate of drug-likeness (QED) is 0.395. The van der Waals surface area contributed by atoms with E-state index in [9.17, 15) is 21.6 Å². The molecule has 0 aliphatic carbocycles. The van der Waals surface area contributed by atoms with Crippen molar-refractivity contribution in [3.05, 3.63) is 70.3 Å². The van der Waals surface area contributed by atoms with Gasteiger partial charge in [0.25, 0.3) is 5.56 Å². The van der Waals surface area contributed by atoms with Gasteiger partial charge in [0.1, 0.15) is 12.1 Å². The summed E-state index contributed by atoms with van der Waals surface area (Å²) in [4.78, 5) is 22.2. The van der Waals surface area contributed by atoms with Gasteiger partial charge in [0.2, 0.25) is 26.0 Å². The molecule has 0 aliphatic rings. The number of aliphatic imine (C=N–C) groups is 1. The first-order chi connectivity index (χ1) is 14.5. The highest BCUT2D eigenvalue weighted by molar-refractivity contribution is 8.04. The maximum absolute atomic E-state index is 11.9. The number of aromatic amines is 1. The Labute approximate surface area is 179 Å². The summed E-state index contributed by atoms with van der Waals surface area (Å²) in [6.07, 6.45) is 4.63. The number of sulfonamides is 2. The molecule has 0 amide bonds. The summed E-state index contributed by atoms with van der Waals surface area (Å²) in [5, 5.41) is 0. The molecule has 3 rings (SSSR count). The van der Waals surface area contributed by atoms with Gasteiger partial charge in [-0.15, -0.1) is 0 Å². The lowest BCUT2D eigenvalue weighted by Crippen LogP contribution is -2.34. The van der Waals surface area contributed by atoms with E-state index < -0.39 is 25.6 Å². The van der Waals surface area contributed by atoms with Gasteiger partial charge < -0.3 is 4.42 Å². The van der Waals surface area contributed by atoms with Crippen LogP contribution >= 0.6 is 0 Å². The Hall–Kier alpha value is -3.25. The number of hydrogen-bond donors (Lipinski definition) is 1. The number of nitrogens with one attached hydrogen (secondary N) is 1. The van der Waals surface area contributed by atoms with Crippen LogP contribution in [0.25, 0.3) is 11.3 Å². The Bertz CT molecular complexity index is 1330. The number of aromatic nitrogens is 2. The van der Waals surface area contributed by atoms with Crippen molar-refractivity contribution < 1.29 is 21.3 Å². The Balaban J connectivity index is 1.79. The van der Waals surface area contributed by atoms with Crippen molar-refractivity contribution >= 4 is 32.3 Å². The highest BCUT2D eigenvalue weighted by atomic mass is 32.3. The molecule has 0 saturated carbocycles. The number of H-pyrrole nitrogens is 1. The number of hydrogen-bond acceptors (Lipinski definition) is 8. The summed E-state index contributed by atoms with van der Waals surface area (Å²) in [5.41, 5.74) is 1.85. The van der Waals surface area contributed by atoms with Gasteiger partial charge >= 0.3 is 0 Å². The zero-order valence-electron chi connectivity index (χ0n) is 16.7. The van der Waals surface area contributed by atoms with Crippen molar-refractivity contribution in [2.75, 3.05) is 12.5 Å². The third-order valence-corrected chi connectivity index (χ3v) is 7.23. The first-order valence-corrected chi connectivity index (χ1v) is 12.7. The Kier molecular flexibility index (Phi) is 6.41. The molecule has 31 heavy (non-hydrogen) atoms. The standard InChI is InChI=1S/C19H20N4O6S2/c1-30(25,26)23(31(2,27)28)13-20-19-21-16(12-18(24)22-19)9-8-14-5-3-6-15(11-14)17-7-4-10-29-17/h3-7,10-13H,8-9H2,1-2H3,(H,21,22,24)/b20-13-. The summed E-state index contributed by atoms with van der Waals surface area (Å²) >= 11 is 0. The third kappa shape index (κ3) is 6.12. The maximum Gasteiger partial charge on any atom is 0.252 e. The molecule has 1 aromatic carbocycles. The lowest BCUT2D eigenvalue weighted by Gasteiger charge is -2.13.